The molecule has 0 spiro atoms. The lowest BCUT2D eigenvalue weighted by molar-refractivity contribution is -0.140. The number of rotatable bonds is 6. The molecule has 204 valence electrons. The number of ether oxygens (including phenoxy) is 2. The molecule has 1 aromatic heterocycles. The number of hydrazine groups is 1. The van der Waals surface area contributed by atoms with E-state index in [4.69, 9.17) is 26.0 Å². The Balaban J connectivity index is 0.00000235. The molecule has 1 aromatic carbocycles. The molecule has 1 amide bonds. The number of aromatic nitrogens is 1. The molecule has 1 atom stereocenters. The maximum absolute atomic E-state index is 12.6. The predicted octanol–water partition coefficient (Wildman–Crippen LogP) is 4.69. The first kappa shape index (κ1) is 29.9. The molecule has 9 heteroatoms. The number of fused-ring (bicyclic) bond motifs is 1. The number of pyridine rings is 1. The summed E-state index contributed by atoms with van der Waals surface area (Å²) in [6, 6.07) is 7.78. The van der Waals surface area contributed by atoms with E-state index in [1.54, 1.807) is 9.91 Å². The topological polar surface area (TPSA) is 124 Å². The van der Waals surface area contributed by atoms with Crippen LogP contribution >= 0.6 is 0 Å². The van der Waals surface area contributed by atoms with Crippen LogP contribution in [0.25, 0.3) is 0 Å². The number of methoxy groups -OCH3 is 1. The Labute approximate surface area is 221 Å². The van der Waals surface area contributed by atoms with Crippen LogP contribution in [-0.2, 0) is 27.2 Å². The summed E-state index contributed by atoms with van der Waals surface area (Å²) < 4.78 is 10.5. The minimum Gasteiger partial charge on any atom is -0.469 e. The van der Waals surface area contributed by atoms with Gasteiger partial charge in [-0.25, -0.2) is 10.6 Å². The van der Waals surface area contributed by atoms with Gasteiger partial charge in [0.2, 0.25) is 0 Å². The zero-order chi connectivity index (χ0) is 27.9. The summed E-state index contributed by atoms with van der Waals surface area (Å²) in [5.74, 6) is 5.37. The largest absolute Gasteiger partial charge is 0.469 e. The number of esters is 1. The van der Waals surface area contributed by atoms with Gasteiger partial charge in [0.05, 0.1) is 37.1 Å². The number of anilines is 2. The van der Waals surface area contributed by atoms with Crippen LogP contribution in [0.5, 0.6) is 0 Å². The third-order valence-electron chi connectivity index (χ3n) is 6.25. The first-order chi connectivity index (χ1) is 17.4. The number of carbonyl (C=O) groups is 2. The molecule has 0 saturated carbocycles. The lowest BCUT2D eigenvalue weighted by Gasteiger charge is -2.31. The van der Waals surface area contributed by atoms with E-state index in [0.717, 1.165) is 33.8 Å². The Morgan fingerprint density at radius 3 is 2.46 bits per heavy atom. The summed E-state index contributed by atoms with van der Waals surface area (Å²) in [5.41, 5.74) is 11.5. The van der Waals surface area contributed by atoms with Crippen LogP contribution in [-0.4, -0.2) is 47.7 Å². The smallest absolute Gasteiger partial charge is 0.410 e. The molecule has 0 fully saturated rings. The number of benzene rings is 1. The maximum Gasteiger partial charge on any atom is 0.410 e. The molecule has 2 heterocycles. The van der Waals surface area contributed by atoms with Crippen molar-refractivity contribution in [1.82, 2.24) is 9.88 Å². The second kappa shape index (κ2) is 12.8. The second-order valence-corrected chi connectivity index (χ2v) is 9.83. The summed E-state index contributed by atoms with van der Waals surface area (Å²) in [6.07, 6.45) is 0.439. The first-order valence-corrected chi connectivity index (χ1v) is 12.9. The van der Waals surface area contributed by atoms with Gasteiger partial charge in [-0.05, 0) is 69.9 Å². The molecular formula is C28H43N5O4. The van der Waals surface area contributed by atoms with Crippen LogP contribution in [0.1, 0.15) is 82.0 Å². The first-order valence-electron chi connectivity index (χ1n) is 12.9. The van der Waals surface area contributed by atoms with Gasteiger partial charge in [0.15, 0.2) is 0 Å². The van der Waals surface area contributed by atoms with Crippen molar-refractivity contribution >= 4 is 23.4 Å². The zero-order valence-electron chi connectivity index (χ0n) is 23.6. The van der Waals surface area contributed by atoms with Crippen molar-refractivity contribution in [3.05, 3.63) is 52.3 Å². The number of nitrogens with two attached hydrogens (primary N) is 2. The standard InChI is InChI=1S/C26H37N5O4.C2H6/c1-7-31(28)22-11-9-18(16(2)24(22)27)19(14-23(32)34-6)20-10-8-17-12-13-30(15-21(17)29-20)25(33)35-26(3,4)5;1-2/h8-11,19H,7,12-15,27-28H2,1-6H3;1-2H3. The fourth-order valence-electron chi connectivity index (χ4n) is 4.26. The summed E-state index contributed by atoms with van der Waals surface area (Å²) in [5, 5.41) is 1.59. The van der Waals surface area contributed by atoms with Gasteiger partial charge in [0, 0.05) is 24.7 Å². The summed E-state index contributed by atoms with van der Waals surface area (Å²) in [6.45, 7) is 14.9. The zero-order valence-corrected chi connectivity index (χ0v) is 23.6. The minimum absolute atomic E-state index is 0.109. The van der Waals surface area contributed by atoms with Crippen LogP contribution in [0, 0.1) is 6.92 Å². The van der Waals surface area contributed by atoms with Crippen molar-refractivity contribution in [3.8, 4) is 0 Å². The van der Waals surface area contributed by atoms with Crippen LogP contribution in [0.4, 0.5) is 16.2 Å². The van der Waals surface area contributed by atoms with Crippen molar-refractivity contribution < 1.29 is 19.1 Å². The van der Waals surface area contributed by atoms with Crippen LogP contribution in [0.2, 0.25) is 0 Å². The number of hydrogen-bond acceptors (Lipinski definition) is 8. The Hall–Kier alpha value is -3.33. The minimum atomic E-state index is -0.571. The van der Waals surface area contributed by atoms with E-state index < -0.39 is 5.60 Å². The molecule has 0 aliphatic carbocycles. The van der Waals surface area contributed by atoms with Gasteiger partial charge in [-0.3, -0.25) is 9.78 Å². The van der Waals surface area contributed by atoms with Gasteiger partial charge in [-0.1, -0.05) is 26.0 Å². The van der Waals surface area contributed by atoms with Gasteiger partial charge in [0.25, 0.3) is 0 Å². The summed E-state index contributed by atoms with van der Waals surface area (Å²) in [7, 11) is 1.37. The van der Waals surface area contributed by atoms with E-state index in [-0.39, 0.29) is 24.4 Å². The van der Waals surface area contributed by atoms with Gasteiger partial charge >= 0.3 is 12.1 Å². The molecule has 9 nitrogen and oxygen atoms in total. The van der Waals surface area contributed by atoms with E-state index in [0.29, 0.717) is 31.7 Å². The van der Waals surface area contributed by atoms with Crippen LogP contribution in [0.15, 0.2) is 24.3 Å². The van der Waals surface area contributed by atoms with E-state index in [2.05, 4.69) is 0 Å². The number of nitrogens with zero attached hydrogens (tertiary/aromatic N) is 3. The third kappa shape index (κ3) is 7.35. The molecule has 1 aliphatic rings. The number of nitrogen functional groups attached to an aromatic ring is 1. The van der Waals surface area contributed by atoms with Crippen molar-refractivity contribution in [2.45, 2.75) is 79.4 Å². The maximum atomic E-state index is 12.6. The van der Waals surface area contributed by atoms with Crippen molar-refractivity contribution in [3.63, 3.8) is 0 Å². The van der Waals surface area contributed by atoms with Gasteiger partial charge in [0.1, 0.15) is 5.60 Å². The highest BCUT2D eigenvalue weighted by Gasteiger charge is 2.29. The van der Waals surface area contributed by atoms with Gasteiger partial charge in [-0.15, -0.1) is 0 Å². The number of hydrogen-bond donors (Lipinski definition) is 2. The second-order valence-electron chi connectivity index (χ2n) is 9.83. The monoisotopic (exact) mass is 513 g/mol. The molecule has 0 radical (unpaired) electrons. The Morgan fingerprint density at radius 2 is 1.86 bits per heavy atom. The van der Waals surface area contributed by atoms with Crippen LogP contribution < -0.4 is 16.6 Å². The van der Waals surface area contributed by atoms with E-state index in [9.17, 15) is 9.59 Å². The molecule has 0 bridgehead atoms. The fraction of sp³-hybridized carbons (Fsp3) is 0.536. The van der Waals surface area contributed by atoms with Gasteiger partial charge < -0.3 is 25.1 Å². The summed E-state index contributed by atoms with van der Waals surface area (Å²) in [4.78, 5) is 31.6. The molecule has 2 aromatic rings. The van der Waals surface area contributed by atoms with Gasteiger partial charge in [-0.2, -0.15) is 0 Å². The summed E-state index contributed by atoms with van der Waals surface area (Å²) >= 11 is 0. The fourth-order valence-corrected chi connectivity index (χ4v) is 4.26. The number of amides is 1. The SMILES string of the molecule is CC.CCN(N)c1ccc(C(CC(=O)OC)c2ccc3c(n2)CN(C(=O)OC(C)(C)C)CC3)c(C)c1N. The highest BCUT2D eigenvalue weighted by Crippen LogP contribution is 2.36. The lowest BCUT2D eigenvalue weighted by atomic mass is 9.87. The predicted molar refractivity (Wildman–Crippen MR) is 147 cm³/mol. The molecule has 37 heavy (non-hydrogen) atoms. The Bertz CT molecular complexity index is 1100. The highest BCUT2D eigenvalue weighted by atomic mass is 16.6. The lowest BCUT2D eigenvalue weighted by Crippen LogP contribution is -2.40. The molecule has 4 N–H and O–H groups in total. The quantitative estimate of drug-likeness (QED) is 0.247. The normalized spacial score (nSPS) is 13.6. The Morgan fingerprint density at radius 1 is 1.19 bits per heavy atom. The Kier molecular flexibility index (Phi) is 10.3. The van der Waals surface area contributed by atoms with E-state index in [1.807, 2.05) is 72.7 Å². The van der Waals surface area contributed by atoms with E-state index >= 15 is 0 Å². The number of carbonyl (C=O) groups excluding carboxylic acids is 2. The third-order valence-corrected chi connectivity index (χ3v) is 6.25. The van der Waals surface area contributed by atoms with Crippen LogP contribution in [0.3, 0.4) is 0 Å². The van der Waals surface area contributed by atoms with E-state index in [1.165, 1.54) is 7.11 Å². The highest BCUT2D eigenvalue weighted by molar-refractivity contribution is 5.75. The van der Waals surface area contributed by atoms with Crippen molar-refractivity contribution in [2.24, 2.45) is 5.84 Å². The average molecular weight is 514 g/mol. The molecule has 1 aliphatic heterocycles. The van der Waals surface area contributed by atoms with Crippen molar-refractivity contribution in [1.29, 1.82) is 0 Å². The van der Waals surface area contributed by atoms with Crippen molar-refractivity contribution in [2.75, 3.05) is 30.9 Å². The molecule has 3 rings (SSSR count). The average Bonchev–Trinajstić information content (AvgIpc) is 2.88. The molecule has 1 unspecified atom stereocenters. The molecule has 0 saturated heterocycles. The molecular weight excluding hydrogens is 470 g/mol.